The number of fused-ring (bicyclic) bond motifs is 1. The highest BCUT2D eigenvalue weighted by Crippen LogP contribution is 2.32. The molecule has 0 spiro atoms. The second-order valence-electron chi connectivity index (χ2n) is 5.36. The van der Waals surface area contributed by atoms with Gasteiger partial charge in [-0.15, -0.1) is 0 Å². The van der Waals surface area contributed by atoms with Gasteiger partial charge in [0.25, 0.3) is 0 Å². The van der Waals surface area contributed by atoms with Gasteiger partial charge in [-0.1, -0.05) is 23.7 Å². The minimum absolute atomic E-state index is 0.0756. The number of rotatable bonds is 4. The van der Waals surface area contributed by atoms with Crippen LogP contribution in [0.15, 0.2) is 48.7 Å². The molecule has 3 rings (SSSR count). The summed E-state index contributed by atoms with van der Waals surface area (Å²) in [6, 6.07) is 9.11. The molecular weight excluding hydrogens is 349 g/mol. The Kier molecular flexibility index (Phi) is 4.46. The first-order chi connectivity index (χ1) is 11.9. The topological polar surface area (TPSA) is 68.5 Å². The number of nitrogens with zero attached hydrogens (tertiary/aromatic N) is 1. The van der Waals surface area contributed by atoms with Gasteiger partial charge in [-0.25, -0.2) is 14.0 Å². The monoisotopic (exact) mass is 361 g/mol. The molecule has 0 bridgehead atoms. The highest BCUT2D eigenvalue weighted by atomic mass is 35.5. The van der Waals surface area contributed by atoms with Gasteiger partial charge in [-0.05, 0) is 30.3 Å². The van der Waals surface area contributed by atoms with Gasteiger partial charge >= 0.3 is 11.9 Å². The summed E-state index contributed by atoms with van der Waals surface area (Å²) in [5, 5.41) is 9.86. The molecule has 0 aliphatic heterocycles. The van der Waals surface area contributed by atoms with Crippen LogP contribution >= 0.6 is 11.6 Å². The van der Waals surface area contributed by atoms with Crippen molar-refractivity contribution in [3.8, 4) is 0 Å². The van der Waals surface area contributed by atoms with E-state index >= 15 is 0 Å². The zero-order valence-corrected chi connectivity index (χ0v) is 13.8. The Morgan fingerprint density at radius 3 is 2.64 bits per heavy atom. The quantitative estimate of drug-likeness (QED) is 0.716. The summed E-state index contributed by atoms with van der Waals surface area (Å²) in [4.78, 5) is 23.8. The van der Waals surface area contributed by atoms with E-state index in [1.165, 1.54) is 25.3 Å². The molecule has 0 amide bonds. The standard InChI is InChI=1S/C18H13ClFNO4/c1-25-18(24)16(13-6-5-10(20)9-14(13)19)21-8-7-11-12(17(22)23)3-2-4-15(11)21/h2-9,16H,1H3,(H,22,23). The minimum Gasteiger partial charge on any atom is -0.478 e. The van der Waals surface area contributed by atoms with E-state index in [-0.39, 0.29) is 10.6 Å². The maximum Gasteiger partial charge on any atom is 0.336 e. The van der Waals surface area contributed by atoms with Gasteiger partial charge < -0.3 is 14.4 Å². The molecule has 128 valence electrons. The Bertz CT molecular complexity index is 982. The lowest BCUT2D eigenvalue weighted by molar-refractivity contribution is -0.143. The number of methoxy groups -OCH3 is 1. The highest BCUT2D eigenvalue weighted by Gasteiger charge is 2.27. The number of carboxylic acids is 1. The predicted octanol–water partition coefficient (Wildman–Crippen LogP) is 3.89. The van der Waals surface area contributed by atoms with Gasteiger partial charge in [0, 0.05) is 27.7 Å². The average molecular weight is 362 g/mol. The Morgan fingerprint density at radius 2 is 2.00 bits per heavy atom. The SMILES string of the molecule is COC(=O)C(c1ccc(F)cc1Cl)n1ccc2c(C(=O)O)cccc21. The van der Waals surface area contributed by atoms with Crippen molar-refractivity contribution in [3.05, 3.63) is 70.6 Å². The van der Waals surface area contributed by atoms with Crippen LogP contribution in [0.2, 0.25) is 5.02 Å². The molecule has 1 atom stereocenters. The number of hydrogen-bond acceptors (Lipinski definition) is 3. The Balaban J connectivity index is 2.25. The number of esters is 1. The summed E-state index contributed by atoms with van der Waals surface area (Å²) in [7, 11) is 1.24. The van der Waals surface area contributed by atoms with Crippen molar-refractivity contribution in [1.82, 2.24) is 4.57 Å². The van der Waals surface area contributed by atoms with E-state index in [0.717, 1.165) is 6.07 Å². The smallest absolute Gasteiger partial charge is 0.336 e. The van der Waals surface area contributed by atoms with Crippen molar-refractivity contribution in [3.63, 3.8) is 0 Å². The van der Waals surface area contributed by atoms with E-state index in [1.54, 1.807) is 29.0 Å². The lowest BCUT2D eigenvalue weighted by Gasteiger charge is -2.19. The molecule has 0 aliphatic rings. The summed E-state index contributed by atoms with van der Waals surface area (Å²) in [6.07, 6.45) is 1.58. The van der Waals surface area contributed by atoms with Gasteiger partial charge in [0.1, 0.15) is 5.82 Å². The lowest BCUT2D eigenvalue weighted by Crippen LogP contribution is -2.22. The van der Waals surface area contributed by atoms with Crippen molar-refractivity contribution < 1.29 is 23.8 Å². The van der Waals surface area contributed by atoms with Crippen molar-refractivity contribution in [2.24, 2.45) is 0 Å². The van der Waals surface area contributed by atoms with Crippen LogP contribution in [0.4, 0.5) is 4.39 Å². The summed E-state index contributed by atoms with van der Waals surface area (Å²) in [5.41, 5.74) is 0.994. The van der Waals surface area contributed by atoms with Crippen molar-refractivity contribution in [2.45, 2.75) is 6.04 Å². The maximum atomic E-state index is 13.4. The number of aromatic nitrogens is 1. The average Bonchev–Trinajstić information content (AvgIpc) is 3.00. The molecule has 1 aromatic heterocycles. The largest absolute Gasteiger partial charge is 0.478 e. The van der Waals surface area contributed by atoms with E-state index < -0.39 is 23.8 Å². The van der Waals surface area contributed by atoms with Gasteiger partial charge in [-0.3, -0.25) is 0 Å². The van der Waals surface area contributed by atoms with Crippen LogP contribution in [-0.4, -0.2) is 28.7 Å². The normalized spacial score (nSPS) is 12.1. The summed E-state index contributed by atoms with van der Waals surface area (Å²) < 4.78 is 19.8. The third-order valence-electron chi connectivity index (χ3n) is 3.95. The molecule has 3 aromatic rings. The summed E-state index contributed by atoms with van der Waals surface area (Å²) >= 11 is 6.12. The molecule has 0 fully saturated rings. The second kappa shape index (κ2) is 6.57. The molecule has 1 N–H and O–H groups in total. The van der Waals surface area contributed by atoms with E-state index in [4.69, 9.17) is 16.3 Å². The molecule has 1 unspecified atom stereocenters. The van der Waals surface area contributed by atoms with Crippen LogP contribution in [0.25, 0.3) is 10.9 Å². The highest BCUT2D eigenvalue weighted by molar-refractivity contribution is 6.31. The first-order valence-electron chi connectivity index (χ1n) is 7.29. The van der Waals surface area contributed by atoms with Crippen molar-refractivity contribution in [2.75, 3.05) is 7.11 Å². The lowest BCUT2D eigenvalue weighted by atomic mass is 10.1. The van der Waals surface area contributed by atoms with Crippen LogP contribution in [0.1, 0.15) is 22.0 Å². The molecule has 1 heterocycles. The molecule has 7 heteroatoms. The van der Waals surface area contributed by atoms with Gasteiger partial charge in [-0.2, -0.15) is 0 Å². The predicted molar refractivity (Wildman–Crippen MR) is 90.5 cm³/mol. The third-order valence-corrected chi connectivity index (χ3v) is 4.28. The molecule has 5 nitrogen and oxygen atoms in total. The molecule has 2 aromatic carbocycles. The number of aromatic carboxylic acids is 1. The zero-order valence-electron chi connectivity index (χ0n) is 13.1. The van der Waals surface area contributed by atoms with E-state index in [0.29, 0.717) is 16.5 Å². The zero-order chi connectivity index (χ0) is 18.1. The molecular formula is C18H13ClFNO4. The number of hydrogen-bond donors (Lipinski definition) is 1. The van der Waals surface area contributed by atoms with Gasteiger partial charge in [0.2, 0.25) is 0 Å². The third kappa shape index (κ3) is 2.96. The van der Waals surface area contributed by atoms with Crippen LogP contribution in [-0.2, 0) is 9.53 Å². The fourth-order valence-corrected chi connectivity index (χ4v) is 3.10. The Hall–Kier alpha value is -2.86. The molecule has 0 aliphatic carbocycles. The first-order valence-corrected chi connectivity index (χ1v) is 7.67. The summed E-state index contributed by atoms with van der Waals surface area (Å²) in [6.45, 7) is 0. The molecule has 0 saturated carbocycles. The van der Waals surface area contributed by atoms with E-state index in [2.05, 4.69) is 0 Å². The Morgan fingerprint density at radius 1 is 1.24 bits per heavy atom. The van der Waals surface area contributed by atoms with E-state index in [9.17, 15) is 19.1 Å². The molecule has 25 heavy (non-hydrogen) atoms. The minimum atomic E-state index is -1.07. The van der Waals surface area contributed by atoms with Crippen molar-refractivity contribution in [1.29, 1.82) is 0 Å². The first kappa shape index (κ1) is 17.0. The van der Waals surface area contributed by atoms with Crippen LogP contribution in [0, 0.1) is 5.82 Å². The number of carboxylic acid groups (broad SMARTS) is 1. The van der Waals surface area contributed by atoms with Crippen LogP contribution in [0.5, 0.6) is 0 Å². The molecule has 0 saturated heterocycles. The number of halogens is 2. The molecule has 0 radical (unpaired) electrons. The van der Waals surface area contributed by atoms with Crippen molar-refractivity contribution >= 4 is 34.4 Å². The number of carbonyl (C=O) groups is 2. The van der Waals surface area contributed by atoms with E-state index in [1.807, 2.05) is 0 Å². The van der Waals surface area contributed by atoms with Crippen LogP contribution < -0.4 is 0 Å². The van der Waals surface area contributed by atoms with Gasteiger partial charge in [0.05, 0.1) is 12.7 Å². The Labute approximate surface area is 147 Å². The summed E-state index contributed by atoms with van der Waals surface area (Å²) in [5.74, 6) is -2.20. The fraction of sp³-hybridized carbons (Fsp3) is 0.111. The maximum absolute atomic E-state index is 13.4. The number of ether oxygens (including phenoxy) is 1. The number of benzene rings is 2. The second-order valence-corrected chi connectivity index (χ2v) is 5.77. The van der Waals surface area contributed by atoms with Crippen LogP contribution in [0.3, 0.4) is 0 Å². The van der Waals surface area contributed by atoms with Gasteiger partial charge in [0.15, 0.2) is 6.04 Å². The number of carbonyl (C=O) groups excluding carboxylic acids is 1. The fourth-order valence-electron chi connectivity index (χ4n) is 2.83.